The van der Waals surface area contributed by atoms with E-state index in [2.05, 4.69) is 0 Å². The van der Waals surface area contributed by atoms with Crippen LogP contribution < -0.4 is 0 Å². The van der Waals surface area contributed by atoms with Crippen LogP contribution in [0.3, 0.4) is 0 Å². The van der Waals surface area contributed by atoms with Gasteiger partial charge in [0.15, 0.2) is 0 Å². The Bertz CT molecular complexity index is 555. The number of nitrogens with zero attached hydrogens (tertiary/aromatic N) is 2. The summed E-state index contributed by atoms with van der Waals surface area (Å²) in [4.78, 5) is 13.0. The summed E-state index contributed by atoms with van der Waals surface area (Å²) in [6, 6.07) is 7.36. The van der Waals surface area contributed by atoms with Gasteiger partial charge in [0.25, 0.3) is 5.91 Å². The smallest absolute Gasteiger partial charge is 0.390 e. The molecule has 8 heteroatoms. The predicted octanol–water partition coefficient (Wildman–Crippen LogP) is 1.31. The number of hydrogen-bond acceptors (Lipinski definition) is 4. The zero-order chi connectivity index (χ0) is 16.8. The number of amides is 1. The number of alkyl halides is 3. The Morgan fingerprint density at radius 2 is 2.09 bits per heavy atom. The second kappa shape index (κ2) is 7.77. The standard InChI is InChI=1S/C14H15F3N2O3/c15-14(16,17)4-5-19(8-12(21)9-20)13(22)11-3-1-2-10(6-11)7-18/h1-3,6,12,20-21H,4-5,8-9H2/t12-/m0/s1. The quantitative estimate of drug-likeness (QED) is 0.828. The topological polar surface area (TPSA) is 84.6 Å². The molecule has 0 bridgehead atoms. The molecule has 1 aromatic rings. The number of benzene rings is 1. The van der Waals surface area contributed by atoms with E-state index in [0.717, 1.165) is 4.90 Å². The molecule has 0 unspecified atom stereocenters. The lowest BCUT2D eigenvalue weighted by Gasteiger charge is -2.25. The van der Waals surface area contributed by atoms with Gasteiger partial charge in [0.1, 0.15) is 0 Å². The van der Waals surface area contributed by atoms with Crippen LogP contribution in [0.25, 0.3) is 0 Å². The molecule has 1 amide bonds. The second-order valence-corrected chi connectivity index (χ2v) is 4.65. The van der Waals surface area contributed by atoms with Gasteiger partial charge in [-0.25, -0.2) is 0 Å². The van der Waals surface area contributed by atoms with E-state index >= 15 is 0 Å². The molecule has 0 spiro atoms. The number of carbonyl (C=O) groups excluding carboxylic acids is 1. The highest BCUT2D eigenvalue weighted by Crippen LogP contribution is 2.20. The van der Waals surface area contributed by atoms with Crippen molar-refractivity contribution in [2.24, 2.45) is 0 Å². The Labute approximate surface area is 125 Å². The maximum absolute atomic E-state index is 12.3. The first-order valence-corrected chi connectivity index (χ1v) is 6.42. The Balaban J connectivity index is 2.93. The average molecular weight is 316 g/mol. The maximum Gasteiger partial charge on any atom is 0.390 e. The van der Waals surface area contributed by atoms with E-state index in [0.29, 0.717) is 0 Å². The first kappa shape index (κ1) is 17.9. The van der Waals surface area contributed by atoms with E-state index < -0.39 is 44.3 Å². The summed E-state index contributed by atoms with van der Waals surface area (Å²) < 4.78 is 37.0. The van der Waals surface area contributed by atoms with Crippen molar-refractivity contribution in [2.75, 3.05) is 19.7 Å². The molecule has 0 saturated heterocycles. The summed E-state index contributed by atoms with van der Waals surface area (Å²) in [5.74, 6) is -0.742. The molecule has 0 fully saturated rings. The minimum Gasteiger partial charge on any atom is -0.394 e. The Morgan fingerprint density at radius 1 is 1.41 bits per heavy atom. The van der Waals surface area contributed by atoms with Crippen LogP contribution in [0.5, 0.6) is 0 Å². The third-order valence-electron chi connectivity index (χ3n) is 2.83. The summed E-state index contributed by atoms with van der Waals surface area (Å²) in [6.45, 7) is -1.74. The third kappa shape index (κ3) is 5.71. The zero-order valence-corrected chi connectivity index (χ0v) is 11.5. The number of carbonyl (C=O) groups is 1. The van der Waals surface area contributed by atoms with Crippen molar-refractivity contribution in [3.8, 4) is 6.07 Å². The van der Waals surface area contributed by atoms with Crippen LogP contribution in [0.1, 0.15) is 22.3 Å². The van der Waals surface area contributed by atoms with Crippen LogP contribution in [-0.2, 0) is 0 Å². The summed E-state index contributed by atoms with van der Waals surface area (Å²) in [5.41, 5.74) is 0.246. The summed E-state index contributed by atoms with van der Waals surface area (Å²) >= 11 is 0. The normalized spacial score (nSPS) is 12.5. The number of rotatable bonds is 6. The van der Waals surface area contributed by atoms with E-state index in [1.165, 1.54) is 24.3 Å². The zero-order valence-electron chi connectivity index (χ0n) is 11.5. The van der Waals surface area contributed by atoms with Crippen LogP contribution in [0.4, 0.5) is 13.2 Å². The van der Waals surface area contributed by atoms with Crippen LogP contribution in [0.15, 0.2) is 24.3 Å². The second-order valence-electron chi connectivity index (χ2n) is 4.65. The molecule has 0 aliphatic heterocycles. The molecule has 0 heterocycles. The van der Waals surface area contributed by atoms with E-state index in [4.69, 9.17) is 10.4 Å². The number of aliphatic hydroxyl groups is 2. The molecule has 1 rings (SSSR count). The Kier molecular flexibility index (Phi) is 6.34. The maximum atomic E-state index is 12.3. The molecule has 1 aromatic carbocycles. The van der Waals surface area contributed by atoms with Crippen molar-refractivity contribution >= 4 is 5.91 Å². The first-order chi connectivity index (χ1) is 10.3. The number of nitriles is 1. The van der Waals surface area contributed by atoms with Gasteiger partial charge in [-0.15, -0.1) is 0 Å². The summed E-state index contributed by atoms with van der Waals surface area (Å²) in [7, 11) is 0. The van der Waals surface area contributed by atoms with E-state index in [1.807, 2.05) is 6.07 Å². The van der Waals surface area contributed by atoms with Crippen LogP contribution >= 0.6 is 0 Å². The van der Waals surface area contributed by atoms with Gasteiger partial charge in [0, 0.05) is 18.7 Å². The number of aliphatic hydroxyl groups excluding tert-OH is 2. The highest BCUT2D eigenvalue weighted by atomic mass is 19.4. The monoisotopic (exact) mass is 316 g/mol. The molecule has 0 aromatic heterocycles. The molecule has 0 aliphatic rings. The van der Waals surface area contributed by atoms with Crippen molar-refractivity contribution in [1.82, 2.24) is 4.90 Å². The van der Waals surface area contributed by atoms with Crippen LogP contribution in [0, 0.1) is 11.3 Å². The molecular formula is C14H15F3N2O3. The lowest BCUT2D eigenvalue weighted by Crippen LogP contribution is -2.40. The summed E-state index contributed by atoms with van der Waals surface area (Å²) in [6.07, 6.45) is -7.01. The van der Waals surface area contributed by atoms with Crippen molar-refractivity contribution < 1.29 is 28.2 Å². The number of hydrogen-bond donors (Lipinski definition) is 2. The highest BCUT2D eigenvalue weighted by Gasteiger charge is 2.30. The average Bonchev–Trinajstić information content (AvgIpc) is 2.49. The minimum absolute atomic E-state index is 0.0476. The molecule has 2 N–H and O–H groups in total. The van der Waals surface area contributed by atoms with Gasteiger partial charge in [-0.2, -0.15) is 18.4 Å². The third-order valence-corrected chi connectivity index (χ3v) is 2.83. The van der Waals surface area contributed by atoms with E-state index in [1.54, 1.807) is 0 Å². The van der Waals surface area contributed by atoms with E-state index in [9.17, 15) is 23.1 Å². The Hall–Kier alpha value is -2.11. The van der Waals surface area contributed by atoms with Gasteiger partial charge >= 0.3 is 6.18 Å². The fraction of sp³-hybridized carbons (Fsp3) is 0.429. The number of halogens is 3. The lowest BCUT2D eigenvalue weighted by molar-refractivity contribution is -0.137. The van der Waals surface area contributed by atoms with Crippen LogP contribution in [0.2, 0.25) is 0 Å². The van der Waals surface area contributed by atoms with Crippen molar-refractivity contribution in [3.63, 3.8) is 0 Å². The molecule has 22 heavy (non-hydrogen) atoms. The van der Waals surface area contributed by atoms with Crippen molar-refractivity contribution in [3.05, 3.63) is 35.4 Å². The van der Waals surface area contributed by atoms with Gasteiger partial charge in [-0.1, -0.05) is 6.07 Å². The van der Waals surface area contributed by atoms with Gasteiger partial charge in [0.2, 0.25) is 0 Å². The van der Waals surface area contributed by atoms with Gasteiger partial charge in [-0.3, -0.25) is 4.79 Å². The molecule has 5 nitrogen and oxygen atoms in total. The SMILES string of the molecule is N#Cc1cccc(C(=O)N(CCC(F)(F)F)C[C@H](O)CO)c1. The largest absolute Gasteiger partial charge is 0.394 e. The van der Waals surface area contributed by atoms with Crippen molar-refractivity contribution in [1.29, 1.82) is 5.26 Å². The van der Waals surface area contributed by atoms with Gasteiger partial charge in [0.05, 0.1) is 30.8 Å². The van der Waals surface area contributed by atoms with E-state index in [-0.39, 0.29) is 11.1 Å². The molecule has 0 radical (unpaired) electrons. The molecular weight excluding hydrogens is 301 g/mol. The molecule has 120 valence electrons. The van der Waals surface area contributed by atoms with Crippen LogP contribution in [-0.4, -0.2) is 53.0 Å². The molecule has 0 aliphatic carbocycles. The fourth-order valence-corrected chi connectivity index (χ4v) is 1.75. The Morgan fingerprint density at radius 3 is 2.64 bits per heavy atom. The summed E-state index contributed by atoms with van der Waals surface area (Å²) in [5, 5.41) is 26.9. The fourth-order valence-electron chi connectivity index (χ4n) is 1.75. The first-order valence-electron chi connectivity index (χ1n) is 6.42. The highest BCUT2D eigenvalue weighted by molar-refractivity contribution is 5.94. The molecule has 1 atom stereocenters. The van der Waals surface area contributed by atoms with Gasteiger partial charge in [-0.05, 0) is 18.2 Å². The lowest BCUT2D eigenvalue weighted by atomic mass is 10.1. The van der Waals surface area contributed by atoms with Gasteiger partial charge < -0.3 is 15.1 Å². The molecule has 0 saturated carbocycles. The minimum atomic E-state index is -4.45. The predicted molar refractivity (Wildman–Crippen MR) is 70.8 cm³/mol. The van der Waals surface area contributed by atoms with Crippen molar-refractivity contribution in [2.45, 2.75) is 18.7 Å².